The third-order valence-electron chi connectivity index (χ3n) is 8.40. The number of benzene rings is 3. The predicted molar refractivity (Wildman–Crippen MR) is 165 cm³/mol. The van der Waals surface area contributed by atoms with Gasteiger partial charge in [-0.2, -0.15) is 0 Å². The van der Waals surface area contributed by atoms with E-state index in [4.69, 9.17) is 14.2 Å². The number of ether oxygens (including phenoxy) is 3. The lowest BCUT2D eigenvalue weighted by atomic mass is 9.84. The van der Waals surface area contributed by atoms with E-state index in [-0.39, 0.29) is 18.2 Å². The molecule has 3 aromatic carbocycles. The summed E-state index contributed by atoms with van der Waals surface area (Å²) >= 11 is 0. The fraction of sp³-hybridized carbons (Fsp3) is 0.382. The largest absolute Gasteiger partial charge is 0.495 e. The summed E-state index contributed by atoms with van der Waals surface area (Å²) in [4.78, 5) is 38.4. The standard InChI is InChI=1S/C34H39N3O6/c1-21-8-4-6-10-26(21)36-34(40)37-28-17-12-22(19-31(28)41-2)18-30(38)32(29-20-24-9-5-7-11-27(24)35-29)43-25-15-13-23(14-16-25)33(39)42-3/h4,6,8,10,12-17,19,24,27,29,32,35H,5,7,9,11,18,20H2,1-3H3,(H2,36,37,40)/t24?,27?,29-,32?/m0/s1. The minimum atomic E-state index is -0.710. The Morgan fingerprint density at radius 1 is 0.930 bits per heavy atom. The summed E-state index contributed by atoms with van der Waals surface area (Å²) in [6, 6.07) is 19.4. The van der Waals surface area contributed by atoms with E-state index in [1.807, 2.05) is 37.3 Å². The molecule has 0 spiro atoms. The molecule has 1 aliphatic carbocycles. The molecule has 1 aliphatic heterocycles. The topological polar surface area (TPSA) is 115 Å². The van der Waals surface area contributed by atoms with Gasteiger partial charge in [0.2, 0.25) is 0 Å². The maximum Gasteiger partial charge on any atom is 0.337 e. The average molecular weight is 586 g/mol. The van der Waals surface area contributed by atoms with Crippen LogP contribution in [0.4, 0.5) is 16.2 Å². The summed E-state index contributed by atoms with van der Waals surface area (Å²) in [5.41, 5.74) is 3.32. The number of hydrogen-bond donors (Lipinski definition) is 3. The molecule has 2 amide bonds. The smallest absolute Gasteiger partial charge is 0.337 e. The number of methoxy groups -OCH3 is 2. The first-order valence-corrected chi connectivity index (χ1v) is 14.8. The van der Waals surface area contributed by atoms with Crippen LogP contribution in [-0.4, -0.2) is 50.2 Å². The summed E-state index contributed by atoms with van der Waals surface area (Å²) in [5, 5.41) is 9.38. The Morgan fingerprint density at radius 3 is 2.40 bits per heavy atom. The van der Waals surface area contributed by atoms with Crippen LogP contribution in [0.2, 0.25) is 0 Å². The van der Waals surface area contributed by atoms with E-state index < -0.39 is 18.1 Å². The maximum absolute atomic E-state index is 13.9. The van der Waals surface area contributed by atoms with Crippen LogP contribution in [0.3, 0.4) is 0 Å². The van der Waals surface area contributed by atoms with Gasteiger partial charge in [0.05, 0.1) is 31.5 Å². The number of esters is 1. The molecule has 0 aromatic heterocycles. The molecule has 3 N–H and O–H groups in total. The fourth-order valence-corrected chi connectivity index (χ4v) is 6.14. The van der Waals surface area contributed by atoms with Crippen molar-refractivity contribution in [3.8, 4) is 11.5 Å². The molecule has 1 heterocycles. The minimum Gasteiger partial charge on any atom is -0.495 e. The molecule has 226 valence electrons. The van der Waals surface area contributed by atoms with Gasteiger partial charge in [0.25, 0.3) is 0 Å². The number of rotatable bonds is 10. The molecule has 9 heteroatoms. The average Bonchev–Trinajstić information content (AvgIpc) is 3.45. The second-order valence-electron chi connectivity index (χ2n) is 11.3. The zero-order valence-corrected chi connectivity index (χ0v) is 24.9. The Labute approximate surface area is 252 Å². The number of carbonyl (C=O) groups excluding carboxylic acids is 3. The van der Waals surface area contributed by atoms with E-state index >= 15 is 0 Å². The molecular weight excluding hydrogens is 546 g/mol. The molecule has 2 fully saturated rings. The van der Waals surface area contributed by atoms with Crippen molar-refractivity contribution in [1.82, 2.24) is 5.32 Å². The Hall–Kier alpha value is -4.37. The van der Waals surface area contributed by atoms with E-state index in [1.165, 1.54) is 27.1 Å². The third kappa shape index (κ3) is 7.35. The van der Waals surface area contributed by atoms with Gasteiger partial charge in [0.15, 0.2) is 11.9 Å². The van der Waals surface area contributed by atoms with Crippen LogP contribution >= 0.6 is 0 Å². The zero-order chi connectivity index (χ0) is 30.3. The quantitative estimate of drug-likeness (QED) is 0.253. The van der Waals surface area contributed by atoms with Gasteiger partial charge in [-0.3, -0.25) is 4.79 Å². The number of fused-ring (bicyclic) bond motifs is 1. The van der Waals surface area contributed by atoms with Gasteiger partial charge in [-0.25, -0.2) is 9.59 Å². The Bertz CT molecular complexity index is 1440. The lowest BCUT2D eigenvalue weighted by molar-refractivity contribution is -0.126. The molecule has 9 nitrogen and oxygen atoms in total. The number of para-hydroxylation sites is 1. The number of carbonyl (C=O) groups is 3. The minimum absolute atomic E-state index is 0.0618. The van der Waals surface area contributed by atoms with Gasteiger partial charge in [0.1, 0.15) is 11.5 Å². The van der Waals surface area contributed by atoms with Crippen LogP contribution in [-0.2, 0) is 16.0 Å². The van der Waals surface area contributed by atoms with Crippen molar-refractivity contribution in [1.29, 1.82) is 0 Å². The molecule has 43 heavy (non-hydrogen) atoms. The van der Waals surface area contributed by atoms with Crippen LogP contribution in [0.1, 0.15) is 53.6 Å². The highest BCUT2D eigenvalue weighted by Crippen LogP contribution is 2.35. The summed E-state index contributed by atoms with van der Waals surface area (Å²) < 4.78 is 16.7. The number of amides is 2. The van der Waals surface area contributed by atoms with E-state index in [2.05, 4.69) is 16.0 Å². The SMILES string of the molecule is COC(=O)c1ccc(OC(C(=O)Cc2ccc(NC(=O)Nc3ccccc3C)c(OC)c2)[C@@H]2CC3CCCCC3N2)cc1. The second kappa shape index (κ2) is 13.7. The van der Waals surface area contributed by atoms with E-state index in [0.717, 1.165) is 30.4 Å². The van der Waals surface area contributed by atoms with Gasteiger partial charge >= 0.3 is 12.0 Å². The monoisotopic (exact) mass is 585 g/mol. The van der Waals surface area contributed by atoms with Crippen molar-refractivity contribution in [3.05, 3.63) is 83.4 Å². The number of aryl methyl sites for hydroxylation is 1. The Morgan fingerprint density at radius 2 is 1.67 bits per heavy atom. The first kappa shape index (κ1) is 30.1. The molecule has 3 unspecified atom stereocenters. The number of nitrogens with one attached hydrogen (secondary N) is 3. The normalized spacial score (nSPS) is 19.9. The van der Waals surface area contributed by atoms with Gasteiger partial charge in [-0.05, 0) is 85.7 Å². The first-order valence-electron chi connectivity index (χ1n) is 14.8. The first-order chi connectivity index (χ1) is 20.8. The van der Waals surface area contributed by atoms with Crippen LogP contribution in [0, 0.1) is 12.8 Å². The fourth-order valence-electron chi connectivity index (χ4n) is 6.14. The van der Waals surface area contributed by atoms with Crippen molar-refractivity contribution < 1.29 is 28.6 Å². The summed E-state index contributed by atoms with van der Waals surface area (Å²) in [6.45, 7) is 1.92. The predicted octanol–water partition coefficient (Wildman–Crippen LogP) is 5.91. The van der Waals surface area contributed by atoms with Crippen molar-refractivity contribution >= 4 is 29.2 Å². The number of urea groups is 1. The number of Topliss-reactive ketones (excluding diaryl/α,β-unsaturated/α-hetero) is 1. The maximum atomic E-state index is 13.9. The number of anilines is 2. The highest BCUT2D eigenvalue weighted by atomic mass is 16.5. The molecular formula is C34H39N3O6. The summed E-state index contributed by atoms with van der Waals surface area (Å²) in [6.07, 6.45) is 4.98. The van der Waals surface area contributed by atoms with Gasteiger partial charge < -0.3 is 30.2 Å². The van der Waals surface area contributed by atoms with Crippen molar-refractivity contribution in [2.45, 2.75) is 63.6 Å². The molecule has 5 rings (SSSR count). The van der Waals surface area contributed by atoms with Gasteiger partial charge in [-0.15, -0.1) is 0 Å². The summed E-state index contributed by atoms with van der Waals surface area (Å²) in [5.74, 6) is 1.01. The highest BCUT2D eigenvalue weighted by Gasteiger charge is 2.42. The zero-order valence-electron chi connectivity index (χ0n) is 24.9. The van der Waals surface area contributed by atoms with Crippen LogP contribution in [0.5, 0.6) is 11.5 Å². The molecule has 1 saturated heterocycles. The van der Waals surface area contributed by atoms with Crippen LogP contribution < -0.4 is 25.4 Å². The third-order valence-corrected chi connectivity index (χ3v) is 8.40. The van der Waals surface area contributed by atoms with Gasteiger partial charge in [-0.1, -0.05) is 37.1 Å². The molecule has 3 aromatic rings. The second-order valence-corrected chi connectivity index (χ2v) is 11.3. The lowest BCUT2D eigenvalue weighted by Crippen LogP contribution is -2.47. The van der Waals surface area contributed by atoms with E-state index in [1.54, 1.807) is 36.4 Å². The van der Waals surface area contributed by atoms with Crippen molar-refractivity contribution in [2.75, 3.05) is 24.9 Å². The van der Waals surface area contributed by atoms with Crippen molar-refractivity contribution in [2.24, 2.45) is 5.92 Å². The Kier molecular flexibility index (Phi) is 9.61. The molecule has 4 atom stereocenters. The van der Waals surface area contributed by atoms with Crippen molar-refractivity contribution in [3.63, 3.8) is 0 Å². The number of hydrogen-bond acceptors (Lipinski definition) is 7. The highest BCUT2D eigenvalue weighted by molar-refractivity contribution is 6.01. The lowest BCUT2D eigenvalue weighted by Gasteiger charge is -2.26. The van der Waals surface area contributed by atoms with E-state index in [0.29, 0.717) is 40.4 Å². The molecule has 2 aliphatic rings. The Balaban J connectivity index is 1.30. The molecule has 1 saturated carbocycles. The molecule has 0 radical (unpaired) electrons. The molecule has 0 bridgehead atoms. The van der Waals surface area contributed by atoms with Crippen LogP contribution in [0.15, 0.2) is 66.7 Å². The van der Waals surface area contributed by atoms with E-state index in [9.17, 15) is 14.4 Å². The summed E-state index contributed by atoms with van der Waals surface area (Å²) in [7, 11) is 2.87. The van der Waals surface area contributed by atoms with Crippen LogP contribution in [0.25, 0.3) is 0 Å². The van der Waals surface area contributed by atoms with Gasteiger partial charge in [0, 0.05) is 18.2 Å². The number of ketones is 1.